The molecule has 4 aliphatic rings. The van der Waals surface area contributed by atoms with Crippen molar-refractivity contribution in [3.8, 4) is 0 Å². The summed E-state index contributed by atoms with van der Waals surface area (Å²) in [7, 11) is -3.84. The van der Waals surface area contributed by atoms with Crippen molar-refractivity contribution in [2.24, 2.45) is 0 Å². The lowest BCUT2D eigenvalue weighted by Crippen LogP contribution is -2.45. The summed E-state index contributed by atoms with van der Waals surface area (Å²) in [6.07, 6.45) is 10.0. The highest BCUT2D eigenvalue weighted by molar-refractivity contribution is 8.00. The predicted octanol–water partition coefficient (Wildman–Crippen LogP) is 24.9. The number of para-hydroxylation sites is 2. The number of ether oxygens (including phenoxy) is 3. The average Bonchev–Trinajstić information content (AvgIpc) is 0.818. The number of pyridine rings is 2. The van der Waals surface area contributed by atoms with Crippen molar-refractivity contribution in [3.63, 3.8) is 0 Å². The van der Waals surface area contributed by atoms with Gasteiger partial charge in [-0.25, -0.2) is 19.2 Å². The van der Waals surface area contributed by atoms with Crippen molar-refractivity contribution in [1.29, 1.82) is 0 Å². The van der Waals surface area contributed by atoms with Crippen molar-refractivity contribution in [2.75, 3.05) is 84.7 Å². The molecular weight excluding hydrogens is 1810 g/mol. The van der Waals surface area contributed by atoms with E-state index >= 15 is 0 Å². The Hall–Kier alpha value is -13.2. The quantitative estimate of drug-likeness (QED) is 0.0200. The largest absolute Gasteiger partial charge is 0.478 e. The zero-order chi connectivity index (χ0) is 97.9. The van der Waals surface area contributed by atoms with Gasteiger partial charge in [-0.3, -0.25) is 23.7 Å². The minimum Gasteiger partial charge on any atom is -0.478 e. The molecule has 11 aromatic carbocycles. The van der Waals surface area contributed by atoms with Crippen LogP contribution in [0.1, 0.15) is 150 Å². The molecule has 4 saturated heterocycles. The number of nitrogen functional groups attached to an aromatic ring is 1. The number of nitrogens with two attached hydrogens (primary N) is 1. The Morgan fingerprint density at radius 2 is 0.790 bits per heavy atom. The van der Waals surface area contributed by atoms with Crippen LogP contribution in [-0.2, 0) is 28.5 Å². The van der Waals surface area contributed by atoms with E-state index in [2.05, 4.69) is 72.2 Å². The maximum Gasteiger partial charge on any atom is 0.410 e. The highest BCUT2D eigenvalue weighted by atomic mass is 32.2. The van der Waals surface area contributed by atoms with Gasteiger partial charge < -0.3 is 71.7 Å². The van der Waals surface area contributed by atoms with Gasteiger partial charge in [0.2, 0.25) is 0 Å². The summed E-state index contributed by atoms with van der Waals surface area (Å²) in [5.41, 5.74) is 16.5. The van der Waals surface area contributed by atoms with E-state index in [4.69, 9.17) is 29.2 Å². The first kappa shape index (κ1) is 102. The zero-order valence-corrected chi connectivity index (χ0v) is 82.8. The lowest BCUT2D eigenvalue weighted by atomic mass is 10.1. The van der Waals surface area contributed by atoms with Crippen LogP contribution in [0.15, 0.2) is 305 Å². The minimum absolute atomic E-state index is 0.118. The number of fused-ring (bicyclic) bond motifs is 3. The minimum atomic E-state index is -3.84. The summed E-state index contributed by atoms with van der Waals surface area (Å²) in [6.45, 7) is 24.5. The Morgan fingerprint density at radius 3 is 1.22 bits per heavy atom. The first-order valence-corrected chi connectivity index (χ1v) is 50.5. The van der Waals surface area contributed by atoms with Gasteiger partial charge in [-0.1, -0.05) is 90.5 Å². The summed E-state index contributed by atoms with van der Waals surface area (Å²) in [5.74, 6) is -1.20. The smallest absolute Gasteiger partial charge is 0.410 e. The van der Waals surface area contributed by atoms with Crippen LogP contribution in [-0.4, -0.2) is 165 Å². The molecule has 4 aliphatic heterocycles. The number of amides is 5. The fraction of sp³-hybridized carbons (Fsp3) is 0.303. The van der Waals surface area contributed by atoms with Gasteiger partial charge in [0, 0.05) is 161 Å². The number of carboxylic acids is 1. The highest BCUT2D eigenvalue weighted by Crippen LogP contribution is 2.37. The van der Waals surface area contributed by atoms with Gasteiger partial charge in [-0.2, -0.15) is 8.42 Å². The maximum atomic E-state index is 12.9. The van der Waals surface area contributed by atoms with E-state index in [1.807, 2.05) is 271 Å². The zero-order valence-electron chi connectivity index (χ0n) is 79.6. The standard InChI is InChI=1S/C32H34N4O3S.C27H26N4OS.C17H25NO5S.C17H13NO2.C16H24N2O2S/c1-32(2,3)39-31(38)36-20-6-7-26(21-36)40-25-16-14-24(15-17-25)35-30(37)22-10-12-23(13-11-22)34-29-18-19-33-28-9-5-4-8-27(28)29;32-27(31-21-11-13-22(14-12-21)33-23-4-3-16-28-18-23)19-7-9-20(10-8-19)30-26-15-17-29-25-6-2-1-5-24(25)26;1-13-7-9-15(10-8-13)24(20,21)23-14-6-5-11-18(12-14)16(19)22-17(2,3)4;19-17(20)13-8-10-14(11-9-13)18-16-7-3-5-12-4-1-2-6-15(12)16;1-16(2,3)20-15(19)18-10-4-5-14(11-18)21-13-8-6-12(17)7-9-13/h4-5,8-19,26H,6-7,20-21H2,1-3H3,(H,33,34)(H,35,37);1-2,5-15,17,23,28H,3-4,16,18H2,(H,29,30)(H,31,32);7-10,14H,5-6,11-12H2,1-4H3;1-11,18H,(H,19,20);6-9,14H,4-5,10-11,17H2,1-3H3. The van der Waals surface area contributed by atoms with Crippen LogP contribution in [0.2, 0.25) is 0 Å². The molecule has 5 amide bonds. The summed E-state index contributed by atoms with van der Waals surface area (Å²) >= 11 is 5.47. The highest BCUT2D eigenvalue weighted by Gasteiger charge is 2.34. The molecule has 0 spiro atoms. The molecule has 4 fully saturated rings. The molecule has 9 N–H and O–H groups in total. The number of aromatic nitrogens is 2. The first-order valence-electron chi connectivity index (χ1n) is 46.4. The van der Waals surface area contributed by atoms with Gasteiger partial charge in [0.15, 0.2) is 0 Å². The number of carbonyl (C=O) groups excluding carboxylic acids is 5. The van der Waals surface area contributed by atoms with Gasteiger partial charge >= 0.3 is 24.2 Å². The van der Waals surface area contributed by atoms with Gasteiger partial charge in [-0.05, 0) is 321 Å². The lowest BCUT2D eigenvalue weighted by Gasteiger charge is -2.33. The van der Waals surface area contributed by atoms with Crippen molar-refractivity contribution in [2.45, 2.75) is 179 Å². The number of carboxylic acid groups (broad SMARTS) is 1. The van der Waals surface area contributed by atoms with Gasteiger partial charge in [-0.15, -0.1) is 35.3 Å². The number of thioether (sulfide) groups is 3. The second kappa shape index (κ2) is 48.2. The number of hydrogen-bond donors (Lipinski definition) is 8. The molecule has 4 unspecified atom stereocenters. The lowest BCUT2D eigenvalue weighted by molar-refractivity contribution is 0.00831. The molecule has 0 bridgehead atoms. The molecule has 17 rings (SSSR count). The third-order valence-corrected chi connectivity index (χ3v) is 27.5. The molecular formula is C109H122N12O13S4. The third-order valence-electron chi connectivity index (χ3n) is 22.3. The van der Waals surface area contributed by atoms with Gasteiger partial charge in [0.1, 0.15) is 16.8 Å². The van der Waals surface area contributed by atoms with Crippen LogP contribution in [0.3, 0.4) is 0 Å². The van der Waals surface area contributed by atoms with E-state index in [1.54, 1.807) is 86.2 Å². The van der Waals surface area contributed by atoms with Gasteiger partial charge in [0.05, 0.1) is 34.1 Å². The first-order chi connectivity index (χ1) is 66.1. The molecule has 720 valence electrons. The maximum absolute atomic E-state index is 12.9. The number of nitrogens with one attached hydrogen (secondary N) is 6. The Morgan fingerprint density at radius 1 is 0.413 bits per heavy atom. The molecule has 2 aromatic heterocycles. The molecule has 138 heavy (non-hydrogen) atoms. The number of aromatic carboxylic acids is 1. The number of piperidine rings is 4. The van der Waals surface area contributed by atoms with Crippen molar-refractivity contribution >= 4 is 165 Å². The van der Waals surface area contributed by atoms with E-state index in [9.17, 15) is 37.2 Å². The number of benzene rings is 11. The van der Waals surface area contributed by atoms with E-state index in [0.29, 0.717) is 52.8 Å². The normalized spacial score (nSPS) is 16.1. The Kier molecular flexibility index (Phi) is 35.7. The van der Waals surface area contributed by atoms with Crippen LogP contribution in [0.4, 0.5) is 65.6 Å². The summed E-state index contributed by atoms with van der Waals surface area (Å²) in [4.78, 5) is 90.7. The van der Waals surface area contributed by atoms with Crippen molar-refractivity contribution in [1.82, 2.24) is 30.0 Å². The monoisotopic (exact) mass is 1930 g/mol. The number of carbonyl (C=O) groups is 6. The van der Waals surface area contributed by atoms with E-state index in [0.717, 1.165) is 147 Å². The second-order valence-electron chi connectivity index (χ2n) is 37.0. The molecule has 0 radical (unpaired) electrons. The number of rotatable bonds is 20. The molecule has 25 nitrogen and oxygen atoms in total. The molecule has 4 atom stereocenters. The average molecular weight is 1940 g/mol. The molecule has 29 heteroatoms. The Balaban J connectivity index is 0.000000149. The number of anilines is 9. The van der Waals surface area contributed by atoms with Crippen LogP contribution >= 0.6 is 35.3 Å². The third kappa shape index (κ3) is 31.7. The Bertz CT molecular complexity index is 6370. The number of likely N-dealkylation sites (tertiary alicyclic amines) is 3. The molecule has 0 saturated carbocycles. The second-order valence-corrected chi connectivity index (χ2v) is 42.7. The predicted molar refractivity (Wildman–Crippen MR) is 559 cm³/mol. The van der Waals surface area contributed by atoms with Crippen molar-refractivity contribution in [3.05, 3.63) is 308 Å². The van der Waals surface area contributed by atoms with E-state index in [1.165, 1.54) is 45.1 Å². The molecule has 0 aliphatic carbocycles. The molecule has 13 aromatic rings. The SMILES string of the molecule is CC(C)(C)OC(=O)N1CCCC(Sc2ccc(N)cc2)C1.CC(C)(C)OC(=O)N1CCCC(Sc2ccc(NC(=O)c3ccc(Nc4ccnc5ccccc45)cc3)cc2)C1.Cc1ccc(S(=O)(=O)OC2CCCN(C(=O)OC(C)(C)C)C2)cc1.O=C(Nc1ccc(SC2CCCNC2)cc1)c1ccc(Nc2ccnc3ccccc23)cc1.O=C(O)c1ccc(Nc2cccc3ccccc23)cc1. The van der Waals surface area contributed by atoms with E-state index in [-0.39, 0.29) is 41.0 Å². The number of aryl methyl sites for hydroxylation is 1. The van der Waals surface area contributed by atoms with E-state index < -0.39 is 45.1 Å². The van der Waals surface area contributed by atoms with Crippen molar-refractivity contribution < 1.29 is 60.7 Å². The summed E-state index contributed by atoms with van der Waals surface area (Å²) in [5, 5.41) is 34.2. The number of nitrogens with zero attached hydrogens (tertiary/aromatic N) is 5. The van der Waals surface area contributed by atoms with Crippen LogP contribution < -0.4 is 37.6 Å². The molecule has 6 heterocycles. The van der Waals surface area contributed by atoms with Crippen LogP contribution in [0.5, 0.6) is 0 Å². The summed E-state index contributed by atoms with van der Waals surface area (Å²) in [6, 6.07) is 86.1. The van der Waals surface area contributed by atoms with Crippen LogP contribution in [0.25, 0.3) is 32.6 Å². The van der Waals surface area contributed by atoms with Crippen LogP contribution in [0, 0.1) is 6.92 Å². The Labute approximate surface area is 821 Å². The fourth-order valence-electron chi connectivity index (χ4n) is 15.5. The van der Waals surface area contributed by atoms with Gasteiger partial charge in [0.25, 0.3) is 21.9 Å². The number of hydrogen-bond acceptors (Lipinski definition) is 22. The topological polar surface area (TPSA) is 327 Å². The summed E-state index contributed by atoms with van der Waals surface area (Å²) < 4.78 is 46.4. The fourth-order valence-corrected chi connectivity index (χ4v) is 20.2.